The molecule has 6 N–H and O–H groups in total. The van der Waals surface area contributed by atoms with Crippen molar-refractivity contribution in [3.05, 3.63) is 87.8 Å². The first-order valence-corrected chi connectivity index (χ1v) is 10.3. The maximum absolute atomic E-state index is 12.5. The molecule has 0 spiro atoms. The molecule has 0 aliphatic rings. The van der Waals surface area contributed by atoms with E-state index in [-0.39, 0.29) is 11.5 Å². The Bertz CT molecular complexity index is 1300. The number of amides is 1. The predicted octanol–water partition coefficient (Wildman–Crippen LogP) is 3.94. The number of fused-ring (bicyclic) bond motifs is 1. The Balaban J connectivity index is 1.57. The molecule has 2 heterocycles. The lowest BCUT2D eigenvalue weighted by molar-refractivity contribution is 0.102. The fraction of sp³-hybridized carbons (Fsp3) is 0.0870. The number of H-pyrrole nitrogens is 1. The summed E-state index contributed by atoms with van der Waals surface area (Å²) in [5, 5.41) is 10.9. The zero-order valence-corrected chi connectivity index (χ0v) is 17.7. The highest BCUT2D eigenvalue weighted by molar-refractivity contribution is 6.30. The van der Waals surface area contributed by atoms with Crippen LogP contribution >= 0.6 is 11.6 Å². The third-order valence-electron chi connectivity index (χ3n) is 4.72. The van der Waals surface area contributed by atoms with Gasteiger partial charge < -0.3 is 26.7 Å². The van der Waals surface area contributed by atoms with Gasteiger partial charge in [-0.05, 0) is 66.0 Å². The molecule has 32 heavy (non-hydrogen) atoms. The molecule has 2 aromatic carbocycles. The van der Waals surface area contributed by atoms with Crippen molar-refractivity contribution in [1.29, 1.82) is 0 Å². The highest BCUT2D eigenvalue weighted by Crippen LogP contribution is 2.25. The molecule has 0 aliphatic heterocycles. The van der Waals surface area contributed by atoms with Crippen molar-refractivity contribution >= 4 is 51.3 Å². The summed E-state index contributed by atoms with van der Waals surface area (Å²) in [6.07, 6.45) is 1.59. The number of nitrogens with two attached hydrogens (primary N) is 1. The van der Waals surface area contributed by atoms with Crippen molar-refractivity contribution in [2.75, 3.05) is 29.0 Å². The third kappa shape index (κ3) is 4.88. The Morgan fingerprint density at radius 2 is 1.75 bits per heavy atom. The Morgan fingerprint density at radius 3 is 2.47 bits per heavy atom. The number of pyridine rings is 2. The number of hydrogen-bond acceptors (Lipinski definition) is 6. The second-order valence-corrected chi connectivity index (χ2v) is 7.44. The molecule has 4 aromatic rings. The largest absolute Gasteiger partial charge is 0.369 e. The summed E-state index contributed by atoms with van der Waals surface area (Å²) in [6, 6.07) is 17.4. The molecular formula is C23H21ClN6O2. The number of hydrogen-bond donors (Lipinski definition) is 5. The summed E-state index contributed by atoms with van der Waals surface area (Å²) in [4.78, 5) is 32.1. The van der Waals surface area contributed by atoms with Crippen LogP contribution in [0.25, 0.3) is 10.8 Å². The van der Waals surface area contributed by atoms with E-state index in [1.807, 2.05) is 0 Å². The molecule has 9 heteroatoms. The van der Waals surface area contributed by atoms with E-state index < -0.39 is 0 Å². The zero-order chi connectivity index (χ0) is 22.5. The standard InChI is InChI=1S/C23H21ClN6O2/c24-16-3-7-18(8-4-16)29-22(31)14-1-5-17(6-2-14)28-21-20-15(9-11-27-23(20)32)13-19(30-21)26-12-10-25/h1-9,11,13H,10,12,25H2,(H,27,32)(H,29,31)(H2,26,28,30). The second-order valence-electron chi connectivity index (χ2n) is 7.01. The van der Waals surface area contributed by atoms with Gasteiger partial charge in [-0.1, -0.05) is 11.6 Å². The molecule has 0 radical (unpaired) electrons. The van der Waals surface area contributed by atoms with Crippen LogP contribution in [0.3, 0.4) is 0 Å². The van der Waals surface area contributed by atoms with Gasteiger partial charge in [0.2, 0.25) is 0 Å². The number of rotatable bonds is 7. The number of nitrogens with one attached hydrogen (secondary N) is 4. The number of benzene rings is 2. The average molecular weight is 449 g/mol. The lowest BCUT2D eigenvalue weighted by Crippen LogP contribution is -2.15. The van der Waals surface area contributed by atoms with Crippen LogP contribution in [-0.4, -0.2) is 29.0 Å². The number of aromatic amines is 1. The SMILES string of the molecule is NCCNc1cc2cc[nH]c(=O)c2c(Nc2ccc(C(=O)Nc3ccc(Cl)cc3)cc2)n1. The first kappa shape index (κ1) is 21.4. The number of halogens is 1. The Kier molecular flexibility index (Phi) is 6.34. The number of anilines is 4. The van der Waals surface area contributed by atoms with Gasteiger partial charge in [0.1, 0.15) is 11.6 Å². The lowest BCUT2D eigenvalue weighted by Gasteiger charge is -2.12. The molecule has 1 amide bonds. The minimum atomic E-state index is -0.248. The van der Waals surface area contributed by atoms with E-state index >= 15 is 0 Å². The Hall–Kier alpha value is -3.88. The molecular weight excluding hydrogens is 428 g/mol. The first-order chi connectivity index (χ1) is 15.5. The van der Waals surface area contributed by atoms with Crippen LogP contribution in [0.15, 0.2) is 71.7 Å². The van der Waals surface area contributed by atoms with E-state index in [0.29, 0.717) is 52.1 Å². The fourth-order valence-electron chi connectivity index (χ4n) is 3.17. The molecule has 0 atom stereocenters. The summed E-state index contributed by atoms with van der Waals surface area (Å²) in [5.41, 5.74) is 7.14. The number of carbonyl (C=O) groups is 1. The quantitative estimate of drug-likeness (QED) is 0.291. The van der Waals surface area contributed by atoms with Crippen LogP contribution in [0.4, 0.5) is 23.0 Å². The van der Waals surface area contributed by atoms with Crippen LogP contribution in [-0.2, 0) is 0 Å². The predicted molar refractivity (Wildman–Crippen MR) is 129 cm³/mol. The van der Waals surface area contributed by atoms with E-state index in [4.69, 9.17) is 17.3 Å². The van der Waals surface area contributed by atoms with E-state index in [1.165, 1.54) is 0 Å². The Morgan fingerprint density at radius 1 is 1.03 bits per heavy atom. The first-order valence-electron chi connectivity index (χ1n) is 9.94. The maximum Gasteiger partial charge on any atom is 0.259 e. The van der Waals surface area contributed by atoms with Gasteiger partial charge in [-0.25, -0.2) is 4.98 Å². The minimum Gasteiger partial charge on any atom is -0.369 e. The molecule has 0 bridgehead atoms. The number of carbonyl (C=O) groups excluding carboxylic acids is 1. The van der Waals surface area contributed by atoms with Gasteiger partial charge in [0.15, 0.2) is 0 Å². The van der Waals surface area contributed by atoms with Gasteiger partial charge in [0, 0.05) is 41.2 Å². The molecule has 0 saturated heterocycles. The molecule has 2 aromatic heterocycles. The molecule has 8 nitrogen and oxygen atoms in total. The molecule has 0 saturated carbocycles. The summed E-state index contributed by atoms with van der Waals surface area (Å²) in [6.45, 7) is 1.01. The van der Waals surface area contributed by atoms with Crippen LogP contribution < -0.4 is 27.2 Å². The van der Waals surface area contributed by atoms with E-state index in [1.54, 1.807) is 66.9 Å². The van der Waals surface area contributed by atoms with Crippen molar-refractivity contribution in [3.8, 4) is 0 Å². The van der Waals surface area contributed by atoms with Crippen molar-refractivity contribution < 1.29 is 4.79 Å². The van der Waals surface area contributed by atoms with Crippen LogP contribution in [0.5, 0.6) is 0 Å². The fourth-order valence-corrected chi connectivity index (χ4v) is 3.30. The van der Waals surface area contributed by atoms with E-state index in [9.17, 15) is 9.59 Å². The van der Waals surface area contributed by atoms with Crippen molar-refractivity contribution in [1.82, 2.24) is 9.97 Å². The van der Waals surface area contributed by atoms with Gasteiger partial charge in [-0.15, -0.1) is 0 Å². The normalized spacial score (nSPS) is 10.7. The van der Waals surface area contributed by atoms with Gasteiger partial charge >= 0.3 is 0 Å². The summed E-state index contributed by atoms with van der Waals surface area (Å²) < 4.78 is 0. The molecule has 0 aliphatic carbocycles. The topological polar surface area (TPSA) is 125 Å². The third-order valence-corrected chi connectivity index (χ3v) is 4.97. The van der Waals surface area contributed by atoms with Gasteiger partial charge in [0.25, 0.3) is 11.5 Å². The van der Waals surface area contributed by atoms with E-state index in [2.05, 4.69) is 25.9 Å². The second kappa shape index (κ2) is 9.51. The highest BCUT2D eigenvalue weighted by Gasteiger charge is 2.11. The summed E-state index contributed by atoms with van der Waals surface area (Å²) in [7, 11) is 0. The molecule has 4 rings (SSSR count). The van der Waals surface area contributed by atoms with Gasteiger partial charge in [-0.2, -0.15) is 0 Å². The molecule has 0 unspecified atom stereocenters. The van der Waals surface area contributed by atoms with Crippen LogP contribution in [0, 0.1) is 0 Å². The number of aromatic nitrogens is 2. The average Bonchev–Trinajstić information content (AvgIpc) is 2.79. The highest BCUT2D eigenvalue weighted by atomic mass is 35.5. The van der Waals surface area contributed by atoms with Crippen LogP contribution in [0.2, 0.25) is 5.02 Å². The van der Waals surface area contributed by atoms with Crippen molar-refractivity contribution in [2.45, 2.75) is 0 Å². The molecule has 162 valence electrons. The minimum absolute atomic E-state index is 0.244. The van der Waals surface area contributed by atoms with Gasteiger partial charge in [-0.3, -0.25) is 9.59 Å². The van der Waals surface area contributed by atoms with E-state index in [0.717, 1.165) is 5.39 Å². The lowest BCUT2D eigenvalue weighted by atomic mass is 10.1. The van der Waals surface area contributed by atoms with Crippen LogP contribution in [0.1, 0.15) is 10.4 Å². The molecule has 0 fully saturated rings. The number of nitrogens with zero attached hydrogens (tertiary/aromatic N) is 1. The summed E-state index contributed by atoms with van der Waals surface area (Å²) in [5.74, 6) is 0.768. The summed E-state index contributed by atoms with van der Waals surface area (Å²) >= 11 is 5.87. The Labute approximate surface area is 188 Å². The maximum atomic E-state index is 12.5. The van der Waals surface area contributed by atoms with Gasteiger partial charge in [0.05, 0.1) is 5.39 Å². The van der Waals surface area contributed by atoms with Crippen molar-refractivity contribution in [3.63, 3.8) is 0 Å². The zero-order valence-electron chi connectivity index (χ0n) is 17.0. The monoisotopic (exact) mass is 448 g/mol. The smallest absolute Gasteiger partial charge is 0.259 e. The van der Waals surface area contributed by atoms with Crippen molar-refractivity contribution in [2.24, 2.45) is 5.73 Å².